The normalized spacial score (nSPS) is 10.8. The van der Waals surface area contributed by atoms with Crippen molar-refractivity contribution in [2.24, 2.45) is 0 Å². The van der Waals surface area contributed by atoms with Gasteiger partial charge in [0.2, 0.25) is 0 Å². The van der Waals surface area contributed by atoms with Crippen LogP contribution >= 0.6 is 0 Å². The second-order valence-electron chi connectivity index (χ2n) is 4.62. The highest BCUT2D eigenvalue weighted by molar-refractivity contribution is 5.51. The van der Waals surface area contributed by atoms with Crippen molar-refractivity contribution in [1.82, 2.24) is 0 Å². The SMILES string of the molecule is COc1ccc(/C=C/Cc2cccc(OC)c2C)cc1. The molecular formula is C18H20O2. The number of rotatable bonds is 5. The van der Waals surface area contributed by atoms with Crippen molar-refractivity contribution in [3.05, 3.63) is 65.2 Å². The van der Waals surface area contributed by atoms with E-state index in [1.54, 1.807) is 14.2 Å². The molecule has 104 valence electrons. The molecule has 0 spiro atoms. The second-order valence-corrected chi connectivity index (χ2v) is 4.62. The Hall–Kier alpha value is -2.22. The number of allylic oxidation sites excluding steroid dienone is 1. The zero-order valence-electron chi connectivity index (χ0n) is 12.2. The molecule has 0 atom stereocenters. The standard InChI is InChI=1S/C18H20O2/c1-14-16(8-5-9-18(14)20-3)7-4-6-15-10-12-17(19-2)13-11-15/h4-6,8-13H,7H2,1-3H3/b6-4+. The molecule has 0 bridgehead atoms. The summed E-state index contributed by atoms with van der Waals surface area (Å²) in [5.41, 5.74) is 3.66. The first-order valence-electron chi connectivity index (χ1n) is 6.67. The van der Waals surface area contributed by atoms with Gasteiger partial charge in [0.15, 0.2) is 0 Å². The van der Waals surface area contributed by atoms with Gasteiger partial charge in [0, 0.05) is 0 Å². The van der Waals surface area contributed by atoms with Crippen molar-refractivity contribution >= 4 is 6.08 Å². The van der Waals surface area contributed by atoms with Gasteiger partial charge in [-0.1, -0.05) is 36.4 Å². The molecule has 2 heteroatoms. The summed E-state index contributed by atoms with van der Waals surface area (Å²) in [5, 5.41) is 0. The van der Waals surface area contributed by atoms with Crippen LogP contribution < -0.4 is 9.47 Å². The molecular weight excluding hydrogens is 248 g/mol. The van der Waals surface area contributed by atoms with Crippen LogP contribution in [0.2, 0.25) is 0 Å². The van der Waals surface area contributed by atoms with Gasteiger partial charge in [-0.05, 0) is 48.2 Å². The Morgan fingerprint density at radius 3 is 2.35 bits per heavy atom. The van der Waals surface area contributed by atoms with Gasteiger partial charge in [0.25, 0.3) is 0 Å². The van der Waals surface area contributed by atoms with Crippen LogP contribution in [0.3, 0.4) is 0 Å². The summed E-state index contributed by atoms with van der Waals surface area (Å²) in [6.45, 7) is 2.09. The van der Waals surface area contributed by atoms with E-state index in [1.807, 2.05) is 36.4 Å². The van der Waals surface area contributed by atoms with Gasteiger partial charge < -0.3 is 9.47 Å². The molecule has 0 aromatic heterocycles. The molecule has 0 saturated heterocycles. The maximum absolute atomic E-state index is 5.34. The van der Waals surface area contributed by atoms with Crippen molar-refractivity contribution < 1.29 is 9.47 Å². The number of hydrogen-bond donors (Lipinski definition) is 0. The third-order valence-electron chi connectivity index (χ3n) is 3.38. The molecule has 2 aromatic carbocycles. The molecule has 0 heterocycles. The number of ether oxygens (including phenoxy) is 2. The lowest BCUT2D eigenvalue weighted by molar-refractivity contribution is 0.411. The Morgan fingerprint density at radius 1 is 0.950 bits per heavy atom. The molecule has 0 aliphatic carbocycles. The Kier molecular flexibility index (Phi) is 4.83. The van der Waals surface area contributed by atoms with Crippen LogP contribution in [0.15, 0.2) is 48.5 Å². The smallest absolute Gasteiger partial charge is 0.122 e. The van der Waals surface area contributed by atoms with Crippen molar-refractivity contribution in [2.45, 2.75) is 13.3 Å². The van der Waals surface area contributed by atoms with Crippen LogP contribution in [-0.2, 0) is 6.42 Å². The minimum absolute atomic E-state index is 0.880. The Balaban J connectivity index is 2.05. The zero-order chi connectivity index (χ0) is 14.4. The van der Waals surface area contributed by atoms with Crippen LogP contribution in [0.5, 0.6) is 11.5 Å². The topological polar surface area (TPSA) is 18.5 Å². The fourth-order valence-electron chi connectivity index (χ4n) is 2.14. The van der Waals surface area contributed by atoms with Gasteiger partial charge in [-0.25, -0.2) is 0 Å². The van der Waals surface area contributed by atoms with E-state index in [0.29, 0.717) is 0 Å². The zero-order valence-corrected chi connectivity index (χ0v) is 12.2. The fourth-order valence-corrected chi connectivity index (χ4v) is 2.14. The van der Waals surface area contributed by atoms with Crippen LogP contribution in [-0.4, -0.2) is 14.2 Å². The maximum Gasteiger partial charge on any atom is 0.122 e. The number of hydrogen-bond acceptors (Lipinski definition) is 2. The highest BCUT2D eigenvalue weighted by Crippen LogP contribution is 2.21. The highest BCUT2D eigenvalue weighted by atomic mass is 16.5. The molecule has 0 amide bonds. The van der Waals surface area contributed by atoms with E-state index in [4.69, 9.17) is 9.47 Å². The van der Waals surface area contributed by atoms with Crippen molar-refractivity contribution in [3.63, 3.8) is 0 Å². The van der Waals surface area contributed by atoms with Crippen molar-refractivity contribution in [3.8, 4) is 11.5 Å². The fraction of sp³-hybridized carbons (Fsp3) is 0.222. The summed E-state index contributed by atoms with van der Waals surface area (Å²) >= 11 is 0. The predicted octanol–water partition coefficient (Wildman–Crippen LogP) is 4.27. The number of methoxy groups -OCH3 is 2. The first-order chi connectivity index (χ1) is 9.74. The van der Waals surface area contributed by atoms with E-state index in [9.17, 15) is 0 Å². The average molecular weight is 268 g/mol. The van der Waals surface area contributed by atoms with E-state index in [0.717, 1.165) is 17.9 Å². The minimum Gasteiger partial charge on any atom is -0.497 e. The van der Waals surface area contributed by atoms with Crippen LogP contribution in [0.4, 0.5) is 0 Å². The largest absolute Gasteiger partial charge is 0.497 e. The molecule has 20 heavy (non-hydrogen) atoms. The van der Waals surface area contributed by atoms with Gasteiger partial charge in [0.05, 0.1) is 14.2 Å². The first-order valence-corrected chi connectivity index (χ1v) is 6.67. The highest BCUT2D eigenvalue weighted by Gasteiger charge is 2.01. The van der Waals surface area contributed by atoms with Gasteiger partial charge in [-0.15, -0.1) is 0 Å². The summed E-state index contributed by atoms with van der Waals surface area (Å²) in [7, 11) is 3.38. The van der Waals surface area contributed by atoms with Gasteiger partial charge in [0.1, 0.15) is 11.5 Å². The van der Waals surface area contributed by atoms with Crippen LogP contribution in [0.25, 0.3) is 6.08 Å². The molecule has 0 saturated carbocycles. The Labute approximate surface area is 120 Å². The summed E-state index contributed by atoms with van der Waals surface area (Å²) < 4.78 is 10.5. The molecule has 0 unspecified atom stereocenters. The Morgan fingerprint density at radius 2 is 1.70 bits per heavy atom. The molecule has 2 aromatic rings. The second kappa shape index (κ2) is 6.80. The minimum atomic E-state index is 0.880. The van der Waals surface area contributed by atoms with Crippen LogP contribution in [0.1, 0.15) is 16.7 Å². The third-order valence-corrected chi connectivity index (χ3v) is 3.38. The third kappa shape index (κ3) is 3.41. The lowest BCUT2D eigenvalue weighted by atomic mass is 10.0. The molecule has 0 radical (unpaired) electrons. The lowest BCUT2D eigenvalue weighted by Gasteiger charge is -2.08. The quantitative estimate of drug-likeness (QED) is 0.806. The molecule has 0 aliphatic rings. The van der Waals surface area contributed by atoms with E-state index in [1.165, 1.54) is 16.7 Å². The molecule has 0 aliphatic heterocycles. The van der Waals surface area contributed by atoms with Gasteiger partial charge in [-0.2, -0.15) is 0 Å². The summed E-state index contributed by atoms with van der Waals surface area (Å²) in [6.07, 6.45) is 5.19. The van der Waals surface area contributed by atoms with E-state index < -0.39 is 0 Å². The molecule has 0 fully saturated rings. The molecule has 2 rings (SSSR count). The number of benzene rings is 2. The van der Waals surface area contributed by atoms with Crippen molar-refractivity contribution in [1.29, 1.82) is 0 Å². The summed E-state index contributed by atoms with van der Waals surface area (Å²) in [4.78, 5) is 0. The van der Waals surface area contributed by atoms with Crippen LogP contribution in [0, 0.1) is 6.92 Å². The summed E-state index contributed by atoms with van der Waals surface area (Å²) in [5.74, 6) is 1.83. The van der Waals surface area contributed by atoms with Crippen molar-refractivity contribution in [2.75, 3.05) is 14.2 Å². The van der Waals surface area contributed by atoms with E-state index in [2.05, 4.69) is 25.1 Å². The average Bonchev–Trinajstić information content (AvgIpc) is 2.49. The predicted molar refractivity (Wildman–Crippen MR) is 83.5 cm³/mol. The Bertz CT molecular complexity index is 583. The maximum atomic E-state index is 5.34. The molecule has 2 nitrogen and oxygen atoms in total. The van der Waals surface area contributed by atoms with Gasteiger partial charge in [-0.3, -0.25) is 0 Å². The van der Waals surface area contributed by atoms with Gasteiger partial charge >= 0.3 is 0 Å². The van der Waals surface area contributed by atoms with E-state index in [-0.39, 0.29) is 0 Å². The first kappa shape index (κ1) is 14.2. The molecule has 0 N–H and O–H groups in total. The van der Waals surface area contributed by atoms with E-state index >= 15 is 0 Å². The summed E-state index contributed by atoms with van der Waals surface area (Å²) in [6, 6.07) is 14.2. The lowest BCUT2D eigenvalue weighted by Crippen LogP contribution is -1.92. The monoisotopic (exact) mass is 268 g/mol.